The maximum atomic E-state index is 12.3. The predicted molar refractivity (Wildman–Crippen MR) is 78.6 cm³/mol. The van der Waals surface area contributed by atoms with Gasteiger partial charge in [-0.1, -0.05) is 12.2 Å². The molecule has 2 fully saturated rings. The van der Waals surface area contributed by atoms with Crippen molar-refractivity contribution in [2.45, 2.75) is 6.42 Å². The Labute approximate surface area is 129 Å². The van der Waals surface area contributed by atoms with E-state index < -0.39 is 0 Å². The van der Waals surface area contributed by atoms with Gasteiger partial charge in [0.05, 0.1) is 18.4 Å². The number of rotatable bonds is 5. The second-order valence-corrected chi connectivity index (χ2v) is 5.71. The van der Waals surface area contributed by atoms with Gasteiger partial charge in [-0.3, -0.25) is 19.3 Å². The summed E-state index contributed by atoms with van der Waals surface area (Å²) in [5, 5.41) is 5.44. The van der Waals surface area contributed by atoms with E-state index in [4.69, 9.17) is 0 Å². The molecule has 4 atom stereocenters. The average Bonchev–Trinajstić information content (AvgIpc) is 3.08. The van der Waals surface area contributed by atoms with E-state index in [2.05, 4.69) is 22.8 Å². The zero-order valence-electron chi connectivity index (χ0n) is 11.9. The van der Waals surface area contributed by atoms with Crippen LogP contribution in [-0.4, -0.2) is 49.3 Å². The van der Waals surface area contributed by atoms with Crippen molar-refractivity contribution >= 4 is 30.1 Å². The number of carbonyl (C=O) groups excluding carboxylic acids is 3. The second kappa shape index (κ2) is 6.15. The molecule has 1 saturated carbocycles. The number of imide groups is 1. The zero-order chi connectivity index (χ0) is 14.3. The summed E-state index contributed by atoms with van der Waals surface area (Å²) in [6.45, 7) is 0.834. The molecule has 6 nitrogen and oxygen atoms in total. The summed E-state index contributed by atoms with van der Waals surface area (Å²) in [5.74, 6) is -0.0559. The van der Waals surface area contributed by atoms with Crippen molar-refractivity contribution < 1.29 is 14.4 Å². The van der Waals surface area contributed by atoms with Crippen molar-refractivity contribution in [2.24, 2.45) is 23.7 Å². The first-order valence-corrected chi connectivity index (χ1v) is 7.08. The lowest BCUT2D eigenvalue weighted by atomic mass is 9.85. The first-order chi connectivity index (χ1) is 9.63. The summed E-state index contributed by atoms with van der Waals surface area (Å²) in [6, 6.07) is 0. The van der Waals surface area contributed by atoms with Crippen LogP contribution in [0.3, 0.4) is 0 Å². The molecule has 4 unspecified atom stereocenters. The number of allylic oxidation sites excluding steroid dienone is 2. The smallest absolute Gasteiger partial charge is 0.234 e. The van der Waals surface area contributed by atoms with Crippen LogP contribution in [0.4, 0.5) is 0 Å². The summed E-state index contributed by atoms with van der Waals surface area (Å²) in [6.07, 6.45) is 5.10. The Morgan fingerprint density at radius 1 is 1.24 bits per heavy atom. The van der Waals surface area contributed by atoms with E-state index in [1.165, 1.54) is 4.90 Å². The van der Waals surface area contributed by atoms with Crippen molar-refractivity contribution in [1.29, 1.82) is 0 Å². The van der Waals surface area contributed by atoms with E-state index in [0.717, 1.165) is 6.42 Å². The molecular formula is C14H20ClN3O3. The van der Waals surface area contributed by atoms with E-state index in [-0.39, 0.29) is 66.9 Å². The molecule has 7 heteroatoms. The number of amides is 3. The summed E-state index contributed by atoms with van der Waals surface area (Å²) in [7, 11) is 1.69. The molecule has 3 aliphatic rings. The largest absolute Gasteiger partial charge is 0.353 e. The lowest BCUT2D eigenvalue weighted by Crippen LogP contribution is -2.41. The van der Waals surface area contributed by atoms with Gasteiger partial charge in [0.15, 0.2) is 0 Å². The number of likely N-dealkylation sites (N-methyl/N-ethyl adjacent to an activating group) is 1. The molecule has 21 heavy (non-hydrogen) atoms. The number of hydrogen-bond donors (Lipinski definition) is 2. The topological polar surface area (TPSA) is 78.5 Å². The van der Waals surface area contributed by atoms with Crippen LogP contribution in [0.25, 0.3) is 0 Å². The van der Waals surface area contributed by atoms with Gasteiger partial charge in [-0.25, -0.2) is 0 Å². The van der Waals surface area contributed by atoms with Gasteiger partial charge in [-0.2, -0.15) is 0 Å². The minimum absolute atomic E-state index is 0. The molecule has 0 aromatic carbocycles. The number of carbonyl (C=O) groups is 3. The number of halogens is 1. The van der Waals surface area contributed by atoms with Gasteiger partial charge in [-0.15, -0.1) is 12.4 Å². The molecule has 3 rings (SSSR count). The Hall–Kier alpha value is -1.40. The molecule has 0 spiro atoms. The highest BCUT2D eigenvalue weighted by Gasteiger charge is 2.58. The Morgan fingerprint density at radius 2 is 1.81 bits per heavy atom. The van der Waals surface area contributed by atoms with Crippen molar-refractivity contribution in [2.75, 3.05) is 26.7 Å². The molecule has 2 N–H and O–H groups in total. The van der Waals surface area contributed by atoms with Gasteiger partial charge in [0.2, 0.25) is 17.7 Å². The predicted octanol–water partition coefficient (Wildman–Crippen LogP) is -0.449. The zero-order valence-corrected chi connectivity index (χ0v) is 12.7. The van der Waals surface area contributed by atoms with Crippen LogP contribution in [0.5, 0.6) is 0 Å². The number of fused-ring (bicyclic) bond motifs is 5. The molecule has 0 aromatic rings. The van der Waals surface area contributed by atoms with Crippen LogP contribution in [0.2, 0.25) is 0 Å². The number of likely N-dealkylation sites (tertiary alicyclic amines) is 1. The monoisotopic (exact) mass is 313 g/mol. The second-order valence-electron chi connectivity index (χ2n) is 5.71. The highest BCUT2D eigenvalue weighted by molar-refractivity contribution is 6.06. The number of nitrogens with zero attached hydrogens (tertiary/aromatic N) is 1. The quantitative estimate of drug-likeness (QED) is 0.532. The van der Waals surface area contributed by atoms with Gasteiger partial charge >= 0.3 is 0 Å². The highest BCUT2D eigenvalue weighted by Crippen LogP contribution is 2.52. The molecule has 116 valence electrons. The molecule has 1 aliphatic heterocycles. The normalized spacial score (nSPS) is 32.3. The third-order valence-electron chi connectivity index (χ3n) is 4.56. The minimum Gasteiger partial charge on any atom is -0.353 e. The molecule has 3 amide bonds. The summed E-state index contributed by atoms with van der Waals surface area (Å²) < 4.78 is 0. The number of hydrogen-bond acceptors (Lipinski definition) is 4. The maximum absolute atomic E-state index is 12.3. The number of nitrogens with one attached hydrogen (secondary N) is 2. The first kappa shape index (κ1) is 16.0. The van der Waals surface area contributed by atoms with E-state index in [9.17, 15) is 14.4 Å². The van der Waals surface area contributed by atoms with Gasteiger partial charge in [0, 0.05) is 13.1 Å². The third-order valence-corrected chi connectivity index (χ3v) is 4.56. The van der Waals surface area contributed by atoms with E-state index in [0.29, 0.717) is 6.54 Å². The maximum Gasteiger partial charge on any atom is 0.234 e. The van der Waals surface area contributed by atoms with Crippen LogP contribution in [0.1, 0.15) is 6.42 Å². The van der Waals surface area contributed by atoms with Crippen LogP contribution in [-0.2, 0) is 14.4 Å². The van der Waals surface area contributed by atoms with E-state index in [1.54, 1.807) is 7.05 Å². The summed E-state index contributed by atoms with van der Waals surface area (Å²) in [5.41, 5.74) is 0. The third kappa shape index (κ3) is 2.58. The lowest BCUT2D eigenvalue weighted by molar-refractivity contribution is -0.141. The van der Waals surface area contributed by atoms with Crippen molar-refractivity contribution in [3.8, 4) is 0 Å². The highest BCUT2D eigenvalue weighted by atomic mass is 35.5. The van der Waals surface area contributed by atoms with Crippen LogP contribution >= 0.6 is 12.4 Å². The van der Waals surface area contributed by atoms with Gasteiger partial charge in [-0.05, 0) is 25.3 Å². The fourth-order valence-electron chi connectivity index (χ4n) is 3.71. The van der Waals surface area contributed by atoms with E-state index in [1.807, 2.05) is 0 Å². The van der Waals surface area contributed by atoms with Crippen molar-refractivity contribution in [1.82, 2.24) is 15.5 Å². The lowest BCUT2D eigenvalue weighted by Gasteiger charge is -2.17. The van der Waals surface area contributed by atoms with Crippen LogP contribution < -0.4 is 10.6 Å². The van der Waals surface area contributed by atoms with Gasteiger partial charge in [0.1, 0.15) is 0 Å². The molecule has 1 saturated heterocycles. The van der Waals surface area contributed by atoms with Crippen LogP contribution in [0.15, 0.2) is 12.2 Å². The molecule has 1 heterocycles. The molecular weight excluding hydrogens is 294 g/mol. The van der Waals surface area contributed by atoms with Gasteiger partial charge < -0.3 is 10.6 Å². The Bertz CT molecular complexity index is 464. The fourth-order valence-corrected chi connectivity index (χ4v) is 3.71. The first-order valence-electron chi connectivity index (χ1n) is 7.08. The molecule has 2 bridgehead atoms. The fraction of sp³-hybridized carbons (Fsp3) is 0.643. The summed E-state index contributed by atoms with van der Waals surface area (Å²) in [4.78, 5) is 37.3. The van der Waals surface area contributed by atoms with Crippen molar-refractivity contribution in [3.05, 3.63) is 12.2 Å². The molecule has 2 aliphatic carbocycles. The minimum atomic E-state index is -0.148. The molecule has 0 radical (unpaired) electrons. The standard InChI is InChI=1S/C14H19N3O3.ClH/c1-15-7-10(18)16-4-5-17-13(19)11-8-2-3-9(6-8)12(11)14(17)20;/h2-3,8-9,11-12,15H,4-7H2,1H3,(H,16,18);1H. The van der Waals surface area contributed by atoms with Crippen molar-refractivity contribution in [3.63, 3.8) is 0 Å². The van der Waals surface area contributed by atoms with Gasteiger partial charge in [0.25, 0.3) is 0 Å². The summed E-state index contributed by atoms with van der Waals surface area (Å²) >= 11 is 0. The molecule has 0 aromatic heterocycles. The average molecular weight is 314 g/mol. The Kier molecular flexibility index (Phi) is 4.68. The Morgan fingerprint density at radius 3 is 2.33 bits per heavy atom. The van der Waals surface area contributed by atoms with Crippen LogP contribution in [0, 0.1) is 23.7 Å². The SMILES string of the molecule is CNCC(=O)NCCN1C(=O)C2C3C=CC(C3)C2C1=O.Cl. The van der Waals surface area contributed by atoms with E-state index >= 15 is 0 Å². The Balaban J connectivity index is 0.00000161.